The van der Waals surface area contributed by atoms with Gasteiger partial charge in [0.15, 0.2) is 0 Å². The quantitative estimate of drug-likeness (QED) is 0.799. The van der Waals surface area contributed by atoms with Gasteiger partial charge in [-0.3, -0.25) is 0 Å². The third kappa shape index (κ3) is 2.91. The zero-order chi connectivity index (χ0) is 14.7. The van der Waals surface area contributed by atoms with Crippen molar-refractivity contribution in [1.82, 2.24) is 0 Å². The fraction of sp³-hybridized carbons (Fsp3) is 0.200. The predicted octanol–water partition coefficient (Wildman–Crippen LogP) is 3.93. The van der Waals surface area contributed by atoms with Gasteiger partial charge in [-0.2, -0.15) is 0 Å². The maximum atomic E-state index is 9.83. The first-order valence-corrected chi connectivity index (χ1v) is 6.51. The molecule has 0 radical (unpaired) electrons. The first kappa shape index (κ1) is 14.3. The first-order chi connectivity index (χ1) is 9.52. The van der Waals surface area contributed by atoms with Crippen molar-refractivity contribution in [2.45, 2.75) is 13.0 Å². The molecule has 0 saturated heterocycles. The average molecular weight is 294 g/mol. The summed E-state index contributed by atoms with van der Waals surface area (Å²) < 4.78 is 5.09. The molecule has 1 atom stereocenters. The summed E-state index contributed by atoms with van der Waals surface area (Å²) in [4.78, 5) is 0. The number of nitrogens with one attached hydrogen (secondary N) is 1. The zero-order valence-electron chi connectivity index (χ0n) is 11.2. The molecule has 2 rings (SSSR count). The van der Waals surface area contributed by atoms with Gasteiger partial charge >= 0.3 is 0 Å². The molecule has 2 aromatic rings. The molecule has 20 heavy (non-hydrogen) atoms. The third-order valence-corrected chi connectivity index (χ3v) is 3.32. The maximum Gasteiger partial charge on any atom is 0.137 e. The van der Waals surface area contributed by atoms with Gasteiger partial charge in [-0.05, 0) is 37.3 Å². The molecular formula is C15H16ClNO3. The lowest BCUT2D eigenvalue weighted by atomic mass is 10.1. The van der Waals surface area contributed by atoms with Crippen LogP contribution in [0.3, 0.4) is 0 Å². The minimum Gasteiger partial charge on any atom is -0.507 e. The number of phenolic OH excluding ortho intramolecular Hbond substituents is 2. The second kappa shape index (κ2) is 5.92. The molecule has 4 nitrogen and oxygen atoms in total. The second-order valence-electron chi connectivity index (χ2n) is 4.43. The van der Waals surface area contributed by atoms with E-state index in [0.29, 0.717) is 16.3 Å². The van der Waals surface area contributed by atoms with Crippen molar-refractivity contribution in [3.8, 4) is 17.2 Å². The van der Waals surface area contributed by atoms with Crippen LogP contribution in [0.5, 0.6) is 17.2 Å². The standard InChI is InChI=1S/C15H16ClNO3/c1-9(15-12(18)4-3-5-13(15)19)17-10-6-7-14(20-2)11(16)8-10/h3-9,17-19H,1-2H3. The molecule has 0 saturated carbocycles. The highest BCUT2D eigenvalue weighted by atomic mass is 35.5. The van der Waals surface area contributed by atoms with E-state index in [-0.39, 0.29) is 17.5 Å². The summed E-state index contributed by atoms with van der Waals surface area (Å²) in [5.41, 5.74) is 1.21. The number of ether oxygens (including phenoxy) is 1. The second-order valence-corrected chi connectivity index (χ2v) is 4.83. The molecule has 0 aliphatic carbocycles. The highest BCUT2D eigenvalue weighted by Gasteiger charge is 2.15. The summed E-state index contributed by atoms with van der Waals surface area (Å²) in [5, 5.41) is 23.3. The van der Waals surface area contributed by atoms with E-state index in [0.717, 1.165) is 5.69 Å². The van der Waals surface area contributed by atoms with Crippen molar-refractivity contribution in [3.63, 3.8) is 0 Å². The Morgan fingerprint density at radius 3 is 2.35 bits per heavy atom. The smallest absolute Gasteiger partial charge is 0.137 e. The van der Waals surface area contributed by atoms with Crippen molar-refractivity contribution < 1.29 is 14.9 Å². The van der Waals surface area contributed by atoms with E-state index in [4.69, 9.17) is 16.3 Å². The van der Waals surface area contributed by atoms with Crippen LogP contribution >= 0.6 is 11.6 Å². The van der Waals surface area contributed by atoms with E-state index >= 15 is 0 Å². The molecule has 5 heteroatoms. The summed E-state index contributed by atoms with van der Waals surface area (Å²) in [6.07, 6.45) is 0. The molecule has 0 bridgehead atoms. The lowest BCUT2D eigenvalue weighted by Gasteiger charge is -2.18. The van der Waals surface area contributed by atoms with Gasteiger partial charge in [0, 0.05) is 5.69 Å². The maximum absolute atomic E-state index is 9.83. The predicted molar refractivity (Wildman–Crippen MR) is 79.8 cm³/mol. The highest BCUT2D eigenvalue weighted by Crippen LogP contribution is 2.35. The van der Waals surface area contributed by atoms with E-state index in [1.165, 1.54) is 12.1 Å². The Hall–Kier alpha value is -2.07. The minimum atomic E-state index is -0.277. The molecule has 0 aliphatic rings. The average Bonchev–Trinajstić information content (AvgIpc) is 2.38. The van der Waals surface area contributed by atoms with Crippen LogP contribution in [0.2, 0.25) is 5.02 Å². The Balaban J connectivity index is 2.23. The molecule has 0 aliphatic heterocycles. The number of halogens is 1. The van der Waals surface area contributed by atoms with Crippen molar-refractivity contribution in [2.75, 3.05) is 12.4 Å². The van der Waals surface area contributed by atoms with Gasteiger partial charge in [0.25, 0.3) is 0 Å². The topological polar surface area (TPSA) is 61.7 Å². The lowest BCUT2D eigenvalue weighted by molar-refractivity contribution is 0.415. The summed E-state index contributed by atoms with van der Waals surface area (Å²) in [7, 11) is 1.55. The number of benzene rings is 2. The van der Waals surface area contributed by atoms with Crippen LogP contribution in [0, 0.1) is 0 Å². The summed E-state index contributed by atoms with van der Waals surface area (Å²) >= 11 is 6.06. The zero-order valence-corrected chi connectivity index (χ0v) is 12.0. The van der Waals surface area contributed by atoms with Gasteiger partial charge < -0.3 is 20.3 Å². The molecule has 3 N–H and O–H groups in total. The van der Waals surface area contributed by atoms with E-state index < -0.39 is 0 Å². The monoisotopic (exact) mass is 293 g/mol. The molecule has 2 aromatic carbocycles. The number of anilines is 1. The van der Waals surface area contributed by atoms with E-state index in [9.17, 15) is 10.2 Å². The van der Waals surface area contributed by atoms with Crippen molar-refractivity contribution in [1.29, 1.82) is 0 Å². The number of rotatable bonds is 4. The third-order valence-electron chi connectivity index (χ3n) is 3.03. The number of hydrogen-bond acceptors (Lipinski definition) is 4. The van der Waals surface area contributed by atoms with Crippen molar-refractivity contribution in [3.05, 3.63) is 47.0 Å². The summed E-state index contributed by atoms with van der Waals surface area (Å²) in [6.45, 7) is 1.84. The minimum absolute atomic E-state index is 0.0459. The Morgan fingerprint density at radius 2 is 1.80 bits per heavy atom. The van der Waals surface area contributed by atoms with Crippen LogP contribution in [-0.2, 0) is 0 Å². The molecule has 0 amide bonds. The van der Waals surface area contributed by atoms with Crippen LogP contribution in [-0.4, -0.2) is 17.3 Å². The van der Waals surface area contributed by atoms with E-state index in [1.54, 1.807) is 25.3 Å². The molecule has 106 valence electrons. The molecule has 0 heterocycles. The van der Waals surface area contributed by atoms with Crippen molar-refractivity contribution in [2.24, 2.45) is 0 Å². The molecular weight excluding hydrogens is 278 g/mol. The van der Waals surface area contributed by atoms with Gasteiger partial charge in [0.1, 0.15) is 17.2 Å². The van der Waals surface area contributed by atoms with E-state index in [1.807, 2.05) is 13.0 Å². The molecule has 1 unspecified atom stereocenters. The van der Waals surface area contributed by atoms with Gasteiger partial charge in [0.2, 0.25) is 0 Å². The van der Waals surface area contributed by atoms with Gasteiger partial charge in [-0.15, -0.1) is 0 Å². The van der Waals surface area contributed by atoms with Crippen LogP contribution in [0.1, 0.15) is 18.5 Å². The Bertz CT molecular complexity index is 596. The Kier molecular flexibility index (Phi) is 4.25. The van der Waals surface area contributed by atoms with Crippen LogP contribution in [0.4, 0.5) is 5.69 Å². The normalized spacial score (nSPS) is 11.9. The van der Waals surface area contributed by atoms with Gasteiger partial charge in [-0.1, -0.05) is 17.7 Å². The van der Waals surface area contributed by atoms with Gasteiger partial charge in [0.05, 0.1) is 23.7 Å². The van der Waals surface area contributed by atoms with Crippen LogP contribution in [0.25, 0.3) is 0 Å². The fourth-order valence-corrected chi connectivity index (χ4v) is 2.32. The largest absolute Gasteiger partial charge is 0.507 e. The summed E-state index contributed by atoms with van der Waals surface area (Å²) in [5.74, 6) is 0.685. The fourth-order valence-electron chi connectivity index (χ4n) is 2.06. The van der Waals surface area contributed by atoms with Crippen LogP contribution in [0.15, 0.2) is 36.4 Å². The Labute approximate surface area is 122 Å². The SMILES string of the molecule is COc1ccc(NC(C)c2c(O)cccc2O)cc1Cl. The molecule has 0 spiro atoms. The van der Waals surface area contributed by atoms with Gasteiger partial charge in [-0.25, -0.2) is 0 Å². The lowest BCUT2D eigenvalue weighted by Crippen LogP contribution is -2.07. The summed E-state index contributed by atoms with van der Waals surface area (Å²) in [6, 6.07) is 9.68. The highest BCUT2D eigenvalue weighted by molar-refractivity contribution is 6.32. The van der Waals surface area contributed by atoms with E-state index in [2.05, 4.69) is 5.32 Å². The first-order valence-electron chi connectivity index (χ1n) is 6.14. The molecule has 0 aromatic heterocycles. The number of phenols is 2. The Morgan fingerprint density at radius 1 is 1.15 bits per heavy atom. The van der Waals surface area contributed by atoms with Crippen LogP contribution < -0.4 is 10.1 Å². The van der Waals surface area contributed by atoms with Crippen molar-refractivity contribution >= 4 is 17.3 Å². The number of methoxy groups -OCH3 is 1. The number of hydrogen-bond donors (Lipinski definition) is 3. The molecule has 0 fully saturated rings. The number of aromatic hydroxyl groups is 2.